The van der Waals surface area contributed by atoms with E-state index in [0.29, 0.717) is 16.2 Å². The Labute approximate surface area is 186 Å². The van der Waals surface area contributed by atoms with Crippen molar-refractivity contribution >= 4 is 34.1 Å². The number of allylic oxidation sites excluding steroid dienone is 2. The molecule has 2 aliphatic rings. The molecule has 1 unspecified atom stereocenters. The van der Waals surface area contributed by atoms with Crippen LogP contribution < -0.4 is 5.63 Å². The number of fused-ring (bicyclic) bond motifs is 2. The van der Waals surface area contributed by atoms with Gasteiger partial charge in [-0.3, -0.25) is 0 Å². The van der Waals surface area contributed by atoms with E-state index in [2.05, 4.69) is 0 Å². The summed E-state index contributed by atoms with van der Waals surface area (Å²) >= 11 is 6.02. The van der Waals surface area contributed by atoms with Gasteiger partial charge in [0.15, 0.2) is 0 Å². The van der Waals surface area contributed by atoms with Crippen LogP contribution in [-0.2, 0) is 9.53 Å². The van der Waals surface area contributed by atoms with E-state index in [9.17, 15) is 19.8 Å². The minimum atomic E-state index is -0.870. The van der Waals surface area contributed by atoms with Crippen molar-refractivity contribution in [1.29, 1.82) is 0 Å². The molecule has 6 nitrogen and oxygen atoms in total. The molecule has 1 atom stereocenters. The predicted octanol–water partition coefficient (Wildman–Crippen LogP) is 4.82. The van der Waals surface area contributed by atoms with Gasteiger partial charge in [0.2, 0.25) is 0 Å². The molecule has 1 aliphatic heterocycles. The van der Waals surface area contributed by atoms with Crippen LogP contribution in [0.2, 0.25) is 5.02 Å². The lowest BCUT2D eigenvalue weighted by Crippen LogP contribution is -2.29. The molecule has 3 aromatic rings. The molecule has 0 fully saturated rings. The maximum absolute atomic E-state index is 13.0. The zero-order chi connectivity index (χ0) is 22.4. The first-order valence-electron chi connectivity index (χ1n) is 9.70. The first-order chi connectivity index (χ1) is 15.5. The second-order valence-electron chi connectivity index (χ2n) is 7.24. The Kier molecular flexibility index (Phi) is 4.72. The lowest BCUT2D eigenvalue weighted by atomic mass is 9.88. The van der Waals surface area contributed by atoms with Gasteiger partial charge in [-0.25, -0.2) is 9.59 Å². The number of aromatic hydroxyl groups is 1. The Morgan fingerprint density at radius 1 is 0.969 bits per heavy atom. The Morgan fingerprint density at radius 2 is 1.72 bits per heavy atom. The summed E-state index contributed by atoms with van der Waals surface area (Å²) in [6, 6.07) is 12.8. The number of esters is 1. The molecule has 32 heavy (non-hydrogen) atoms. The number of halogens is 1. The first kappa shape index (κ1) is 19.9. The smallest absolute Gasteiger partial charge is 0.348 e. The van der Waals surface area contributed by atoms with Crippen LogP contribution in [0.25, 0.3) is 16.5 Å². The van der Waals surface area contributed by atoms with Gasteiger partial charge in [0.05, 0.1) is 5.39 Å². The zero-order valence-corrected chi connectivity index (χ0v) is 17.2. The molecule has 0 saturated carbocycles. The summed E-state index contributed by atoms with van der Waals surface area (Å²) in [5, 5.41) is 22.8. The number of ether oxygens (including phenoxy) is 1. The molecule has 2 heterocycles. The topological polar surface area (TPSA) is 97.0 Å². The van der Waals surface area contributed by atoms with E-state index in [4.69, 9.17) is 20.8 Å². The number of benzene rings is 2. The SMILES string of the molecule is O=C1OC2C=CC=CC2=C(O)/C1=C(\c1ccc(Cl)cc1)c1c(O)c2ccccc2oc1=O. The maximum atomic E-state index is 13.0. The van der Waals surface area contributed by atoms with Crippen LogP contribution in [0.15, 0.2) is 99.0 Å². The third kappa shape index (κ3) is 3.13. The van der Waals surface area contributed by atoms with Gasteiger partial charge in [-0.15, -0.1) is 0 Å². The van der Waals surface area contributed by atoms with Crippen LogP contribution in [0.4, 0.5) is 0 Å². The summed E-state index contributed by atoms with van der Waals surface area (Å²) < 4.78 is 10.9. The average molecular weight is 447 g/mol. The van der Waals surface area contributed by atoms with E-state index in [-0.39, 0.29) is 39.2 Å². The summed E-state index contributed by atoms with van der Waals surface area (Å²) in [6.45, 7) is 0. The van der Waals surface area contributed by atoms with Crippen LogP contribution in [0, 0.1) is 0 Å². The number of rotatable bonds is 2. The lowest BCUT2D eigenvalue weighted by molar-refractivity contribution is -0.141. The Bertz CT molecular complexity index is 1450. The molecule has 2 aromatic carbocycles. The molecule has 2 N–H and O–H groups in total. The zero-order valence-electron chi connectivity index (χ0n) is 16.4. The third-order valence-electron chi connectivity index (χ3n) is 5.35. The highest BCUT2D eigenvalue weighted by molar-refractivity contribution is 6.30. The van der Waals surface area contributed by atoms with Crippen molar-refractivity contribution in [2.45, 2.75) is 6.10 Å². The van der Waals surface area contributed by atoms with Gasteiger partial charge in [-0.05, 0) is 35.9 Å². The van der Waals surface area contributed by atoms with Crippen molar-refractivity contribution in [3.05, 3.63) is 116 Å². The quantitative estimate of drug-likeness (QED) is 0.333. The fourth-order valence-corrected chi connectivity index (χ4v) is 3.99. The number of aliphatic hydroxyl groups is 1. The molecule has 7 heteroatoms. The minimum Gasteiger partial charge on any atom is -0.507 e. The van der Waals surface area contributed by atoms with Crippen LogP contribution in [0.5, 0.6) is 5.75 Å². The predicted molar refractivity (Wildman–Crippen MR) is 119 cm³/mol. The Hall–Kier alpha value is -4.03. The number of para-hydroxylation sites is 1. The fraction of sp³-hybridized carbons (Fsp3) is 0.0400. The summed E-state index contributed by atoms with van der Waals surface area (Å²) in [4.78, 5) is 26.0. The minimum absolute atomic E-state index is 0.0185. The number of carbonyl (C=O) groups is 1. The van der Waals surface area contributed by atoms with Crippen LogP contribution in [0.3, 0.4) is 0 Å². The lowest BCUT2D eigenvalue weighted by Gasteiger charge is -2.27. The standard InChI is InChI=1S/C25H15ClO6/c26-14-11-9-13(10-12-14)19(20-22(27)15-5-1-3-7-17(15)31-24(20)29)21-23(28)16-6-2-4-8-18(16)32-25(21)30/h1-12,17,27-28H/b20-19-. The molecule has 0 radical (unpaired) electrons. The molecule has 0 spiro atoms. The van der Waals surface area contributed by atoms with Crippen molar-refractivity contribution < 1.29 is 24.2 Å². The van der Waals surface area contributed by atoms with Crippen LogP contribution >= 0.6 is 11.6 Å². The second-order valence-corrected chi connectivity index (χ2v) is 7.68. The van der Waals surface area contributed by atoms with Gasteiger partial charge in [-0.2, -0.15) is 0 Å². The van der Waals surface area contributed by atoms with Gasteiger partial charge < -0.3 is 19.4 Å². The largest absolute Gasteiger partial charge is 0.507 e. The van der Waals surface area contributed by atoms with Crippen molar-refractivity contribution in [3.63, 3.8) is 0 Å². The normalized spacial score (nSPS) is 19.2. The van der Waals surface area contributed by atoms with E-state index in [1.807, 2.05) is 0 Å². The van der Waals surface area contributed by atoms with Crippen molar-refractivity contribution in [3.8, 4) is 5.75 Å². The Balaban J connectivity index is 1.91. The number of hydrogen-bond acceptors (Lipinski definition) is 6. The van der Waals surface area contributed by atoms with E-state index >= 15 is 0 Å². The summed E-state index contributed by atoms with van der Waals surface area (Å²) in [7, 11) is 0. The molecule has 5 rings (SSSR count). The third-order valence-corrected chi connectivity index (χ3v) is 5.60. The summed E-state index contributed by atoms with van der Waals surface area (Å²) in [5.74, 6) is -1.56. The van der Waals surface area contributed by atoms with Crippen LogP contribution in [0.1, 0.15) is 11.1 Å². The molecule has 158 valence electrons. The highest BCUT2D eigenvalue weighted by atomic mass is 35.5. The monoisotopic (exact) mass is 446 g/mol. The molecule has 0 amide bonds. The average Bonchev–Trinajstić information content (AvgIpc) is 2.78. The molecular formula is C25H15ClO6. The highest BCUT2D eigenvalue weighted by Crippen LogP contribution is 2.40. The van der Waals surface area contributed by atoms with Crippen molar-refractivity contribution in [1.82, 2.24) is 0 Å². The maximum Gasteiger partial charge on any atom is 0.348 e. The van der Waals surface area contributed by atoms with Gasteiger partial charge in [0.1, 0.15) is 34.3 Å². The highest BCUT2D eigenvalue weighted by Gasteiger charge is 2.36. The summed E-state index contributed by atoms with van der Waals surface area (Å²) in [5.41, 5.74) is -0.498. The Morgan fingerprint density at radius 3 is 2.50 bits per heavy atom. The summed E-state index contributed by atoms with van der Waals surface area (Å²) in [6.07, 6.45) is 5.90. The molecule has 0 bridgehead atoms. The fourth-order valence-electron chi connectivity index (χ4n) is 3.86. The molecule has 1 aliphatic carbocycles. The van der Waals surface area contributed by atoms with Gasteiger partial charge in [-0.1, -0.05) is 54.1 Å². The van der Waals surface area contributed by atoms with Crippen molar-refractivity contribution in [2.75, 3.05) is 0 Å². The van der Waals surface area contributed by atoms with E-state index in [0.717, 1.165) is 0 Å². The van der Waals surface area contributed by atoms with Gasteiger partial charge >= 0.3 is 11.6 Å². The van der Waals surface area contributed by atoms with Gasteiger partial charge in [0.25, 0.3) is 0 Å². The first-order valence-corrected chi connectivity index (χ1v) is 10.1. The molecule has 0 saturated heterocycles. The van der Waals surface area contributed by atoms with E-state index in [1.165, 1.54) is 0 Å². The number of aliphatic hydroxyl groups excluding tert-OH is 1. The number of carbonyl (C=O) groups excluding carboxylic acids is 1. The van der Waals surface area contributed by atoms with E-state index < -0.39 is 17.7 Å². The molecule has 1 aromatic heterocycles. The molecular weight excluding hydrogens is 432 g/mol. The van der Waals surface area contributed by atoms with Crippen LogP contribution in [-0.4, -0.2) is 22.3 Å². The second kappa shape index (κ2) is 7.59. The van der Waals surface area contributed by atoms with Gasteiger partial charge in [0, 0.05) is 16.2 Å². The van der Waals surface area contributed by atoms with Crippen molar-refractivity contribution in [2.24, 2.45) is 0 Å². The van der Waals surface area contributed by atoms with E-state index in [1.54, 1.807) is 72.8 Å². The number of hydrogen-bond donors (Lipinski definition) is 2.